The van der Waals surface area contributed by atoms with E-state index in [1.165, 1.54) is 25.5 Å². The standard InChI is InChI=1S/C14H21F3N2S/c1-3-9-4-6-10(7-5-9)12(18-2)11-8-19-13(20-11)14(15,16)17/h8-10,12,18H,3-7H2,1-2H3. The van der Waals surface area contributed by atoms with Gasteiger partial charge in [0.1, 0.15) is 0 Å². The number of halogens is 3. The van der Waals surface area contributed by atoms with Crippen molar-refractivity contribution in [1.29, 1.82) is 0 Å². The zero-order chi connectivity index (χ0) is 14.8. The van der Waals surface area contributed by atoms with Crippen molar-refractivity contribution in [2.75, 3.05) is 7.05 Å². The lowest BCUT2D eigenvalue weighted by Crippen LogP contribution is -2.28. The molecule has 0 spiro atoms. The molecule has 1 unspecified atom stereocenters. The molecule has 6 heteroatoms. The average molecular weight is 306 g/mol. The van der Waals surface area contributed by atoms with Gasteiger partial charge >= 0.3 is 6.18 Å². The molecule has 1 aromatic rings. The molecule has 2 nitrogen and oxygen atoms in total. The molecule has 0 saturated heterocycles. The fourth-order valence-corrected chi connectivity index (χ4v) is 4.09. The normalized spacial score (nSPS) is 25.6. The Morgan fingerprint density at radius 1 is 1.35 bits per heavy atom. The van der Waals surface area contributed by atoms with Gasteiger partial charge in [0.25, 0.3) is 0 Å². The summed E-state index contributed by atoms with van der Waals surface area (Å²) in [5, 5.41) is 2.45. The van der Waals surface area contributed by atoms with Crippen LogP contribution in [-0.4, -0.2) is 12.0 Å². The SMILES string of the molecule is CCC1CCC(C(NC)c2cnc(C(F)(F)F)s2)CC1. The van der Waals surface area contributed by atoms with Crippen LogP contribution in [0.2, 0.25) is 0 Å². The van der Waals surface area contributed by atoms with Crippen LogP contribution in [0.4, 0.5) is 13.2 Å². The predicted molar refractivity (Wildman–Crippen MR) is 74.7 cm³/mol. The van der Waals surface area contributed by atoms with Crippen LogP contribution in [0.25, 0.3) is 0 Å². The molecular weight excluding hydrogens is 285 g/mol. The van der Waals surface area contributed by atoms with Gasteiger partial charge in [-0.25, -0.2) is 4.98 Å². The molecule has 1 fully saturated rings. The molecule has 1 heterocycles. The van der Waals surface area contributed by atoms with Crippen molar-refractivity contribution in [3.63, 3.8) is 0 Å². The van der Waals surface area contributed by atoms with Crippen molar-refractivity contribution < 1.29 is 13.2 Å². The molecule has 0 radical (unpaired) electrons. The average Bonchev–Trinajstić information content (AvgIpc) is 2.90. The highest BCUT2D eigenvalue weighted by Crippen LogP contribution is 2.41. The summed E-state index contributed by atoms with van der Waals surface area (Å²) in [7, 11) is 1.82. The van der Waals surface area contributed by atoms with Crippen molar-refractivity contribution in [3.8, 4) is 0 Å². The monoisotopic (exact) mass is 306 g/mol. The van der Waals surface area contributed by atoms with E-state index in [1.54, 1.807) is 0 Å². The lowest BCUT2D eigenvalue weighted by Gasteiger charge is -2.32. The molecule has 1 N–H and O–H groups in total. The summed E-state index contributed by atoms with van der Waals surface area (Å²) in [6.45, 7) is 2.21. The van der Waals surface area contributed by atoms with E-state index < -0.39 is 11.2 Å². The Bertz CT molecular complexity index is 422. The summed E-state index contributed by atoms with van der Waals surface area (Å²) in [5.41, 5.74) is 0. The van der Waals surface area contributed by atoms with Gasteiger partial charge in [0, 0.05) is 17.1 Å². The Hall–Kier alpha value is -0.620. The van der Waals surface area contributed by atoms with Gasteiger partial charge in [-0.3, -0.25) is 0 Å². The lowest BCUT2D eigenvalue weighted by atomic mass is 9.77. The predicted octanol–water partition coefficient (Wildman–Crippen LogP) is 4.64. The van der Waals surface area contributed by atoms with E-state index in [2.05, 4.69) is 17.2 Å². The van der Waals surface area contributed by atoms with Crippen molar-refractivity contribution in [2.24, 2.45) is 11.8 Å². The Morgan fingerprint density at radius 2 is 2.00 bits per heavy atom. The summed E-state index contributed by atoms with van der Waals surface area (Å²) in [4.78, 5) is 4.24. The first kappa shape index (κ1) is 15.8. The lowest BCUT2D eigenvalue weighted by molar-refractivity contribution is -0.137. The second-order valence-corrected chi connectivity index (χ2v) is 6.58. The molecule has 0 aromatic carbocycles. The van der Waals surface area contributed by atoms with Crippen LogP contribution >= 0.6 is 11.3 Å². The summed E-state index contributed by atoms with van der Waals surface area (Å²) >= 11 is 0.774. The molecular formula is C14H21F3N2S. The highest BCUT2D eigenvalue weighted by atomic mass is 32.1. The summed E-state index contributed by atoms with van der Waals surface area (Å²) in [6.07, 6.45) is 2.80. The molecule has 114 valence electrons. The highest BCUT2D eigenvalue weighted by molar-refractivity contribution is 7.11. The van der Waals surface area contributed by atoms with Crippen LogP contribution in [0.15, 0.2) is 6.20 Å². The number of aromatic nitrogens is 1. The molecule has 1 saturated carbocycles. The van der Waals surface area contributed by atoms with Crippen molar-refractivity contribution >= 4 is 11.3 Å². The molecule has 0 bridgehead atoms. The minimum Gasteiger partial charge on any atom is -0.312 e. The minimum absolute atomic E-state index is 0.00130. The van der Waals surface area contributed by atoms with Crippen molar-refractivity contribution in [3.05, 3.63) is 16.1 Å². The van der Waals surface area contributed by atoms with Crippen molar-refractivity contribution in [2.45, 2.75) is 51.2 Å². The van der Waals surface area contributed by atoms with E-state index >= 15 is 0 Å². The number of nitrogens with one attached hydrogen (secondary N) is 1. The largest absolute Gasteiger partial charge is 0.443 e. The third-order valence-corrected chi connectivity index (χ3v) is 5.45. The number of hydrogen-bond acceptors (Lipinski definition) is 3. The quantitative estimate of drug-likeness (QED) is 0.876. The van der Waals surface area contributed by atoms with E-state index in [4.69, 9.17) is 0 Å². The van der Waals surface area contributed by atoms with Gasteiger partial charge in [-0.1, -0.05) is 26.2 Å². The van der Waals surface area contributed by atoms with Gasteiger partial charge in [0.05, 0.1) is 0 Å². The molecule has 2 rings (SSSR count). The molecule has 20 heavy (non-hydrogen) atoms. The zero-order valence-corrected chi connectivity index (χ0v) is 12.7. The third-order valence-electron chi connectivity index (χ3n) is 4.32. The summed E-state index contributed by atoms with van der Waals surface area (Å²) < 4.78 is 37.9. The van der Waals surface area contributed by atoms with Gasteiger partial charge < -0.3 is 5.32 Å². The van der Waals surface area contributed by atoms with E-state index in [0.717, 1.165) is 30.1 Å². The van der Waals surface area contributed by atoms with E-state index in [1.807, 2.05) is 7.05 Å². The molecule has 1 aliphatic rings. The van der Waals surface area contributed by atoms with Gasteiger partial charge in [0.15, 0.2) is 5.01 Å². The summed E-state index contributed by atoms with van der Waals surface area (Å²) in [5.74, 6) is 1.21. The van der Waals surface area contributed by atoms with Gasteiger partial charge in [-0.2, -0.15) is 13.2 Å². The number of nitrogens with zero attached hydrogens (tertiary/aromatic N) is 1. The van der Waals surface area contributed by atoms with Crippen LogP contribution in [0.3, 0.4) is 0 Å². The van der Waals surface area contributed by atoms with Crippen LogP contribution in [0, 0.1) is 11.8 Å². The van der Waals surface area contributed by atoms with Crippen LogP contribution in [-0.2, 0) is 6.18 Å². The summed E-state index contributed by atoms with van der Waals surface area (Å²) in [6, 6.07) is 0.00130. The van der Waals surface area contributed by atoms with Crippen LogP contribution in [0.1, 0.15) is 55.0 Å². The Balaban J connectivity index is 2.07. The maximum absolute atomic E-state index is 12.6. The first-order valence-electron chi connectivity index (χ1n) is 7.15. The molecule has 1 atom stereocenters. The van der Waals surface area contributed by atoms with E-state index in [-0.39, 0.29) is 6.04 Å². The van der Waals surface area contributed by atoms with E-state index in [0.29, 0.717) is 10.8 Å². The first-order chi connectivity index (χ1) is 9.45. The topological polar surface area (TPSA) is 24.9 Å². The number of thiazole rings is 1. The van der Waals surface area contributed by atoms with Crippen LogP contribution in [0.5, 0.6) is 0 Å². The van der Waals surface area contributed by atoms with Crippen molar-refractivity contribution in [1.82, 2.24) is 10.3 Å². The Labute approximate surface area is 121 Å². The second kappa shape index (κ2) is 6.43. The van der Waals surface area contributed by atoms with E-state index in [9.17, 15) is 13.2 Å². The Morgan fingerprint density at radius 3 is 2.45 bits per heavy atom. The fourth-order valence-electron chi connectivity index (χ4n) is 3.10. The Kier molecular flexibility index (Phi) is 5.07. The smallest absolute Gasteiger partial charge is 0.312 e. The third kappa shape index (κ3) is 3.52. The molecule has 0 amide bonds. The molecule has 1 aromatic heterocycles. The van der Waals surface area contributed by atoms with Crippen LogP contribution < -0.4 is 5.32 Å². The highest BCUT2D eigenvalue weighted by Gasteiger charge is 2.36. The number of alkyl halides is 3. The van der Waals surface area contributed by atoms with Gasteiger partial charge in [0.2, 0.25) is 0 Å². The maximum Gasteiger partial charge on any atom is 0.443 e. The first-order valence-corrected chi connectivity index (χ1v) is 7.97. The fraction of sp³-hybridized carbons (Fsp3) is 0.786. The second-order valence-electron chi connectivity index (χ2n) is 5.52. The number of rotatable bonds is 4. The van der Waals surface area contributed by atoms with Gasteiger partial charge in [-0.15, -0.1) is 11.3 Å². The van der Waals surface area contributed by atoms with Gasteiger partial charge in [-0.05, 0) is 31.7 Å². The zero-order valence-electron chi connectivity index (χ0n) is 11.8. The minimum atomic E-state index is -4.33. The number of hydrogen-bond donors (Lipinski definition) is 1. The molecule has 0 aliphatic heterocycles. The maximum atomic E-state index is 12.6. The molecule has 1 aliphatic carbocycles.